The fraction of sp³-hybridized carbons (Fsp3) is 1.00. The molecule has 1 saturated carbocycles. The molecule has 12 heavy (non-hydrogen) atoms. The van der Waals surface area contributed by atoms with Crippen LogP contribution in [0.1, 0.15) is 33.6 Å². The van der Waals surface area contributed by atoms with Crippen molar-refractivity contribution in [3.05, 3.63) is 0 Å². The Labute approximate surface area is 74.5 Å². The van der Waals surface area contributed by atoms with Crippen LogP contribution in [0.15, 0.2) is 0 Å². The molecule has 1 aliphatic heterocycles. The summed E-state index contributed by atoms with van der Waals surface area (Å²) in [6, 6.07) is 0. The van der Waals surface area contributed by atoms with Gasteiger partial charge in [-0.2, -0.15) is 0 Å². The molecule has 1 heterocycles. The lowest BCUT2D eigenvalue weighted by Gasteiger charge is -2.22. The largest absolute Gasteiger partial charge is 0.388 e. The van der Waals surface area contributed by atoms with Crippen molar-refractivity contribution in [2.45, 2.75) is 39.2 Å². The van der Waals surface area contributed by atoms with Crippen molar-refractivity contribution in [1.82, 2.24) is 5.01 Å². The lowest BCUT2D eigenvalue weighted by atomic mass is 9.90. The predicted octanol–water partition coefficient (Wildman–Crippen LogP) is 0.733. The third-order valence-electron chi connectivity index (χ3n) is 3.01. The molecule has 3 nitrogen and oxygen atoms in total. The van der Waals surface area contributed by atoms with Crippen molar-refractivity contribution in [2.75, 3.05) is 13.1 Å². The van der Waals surface area contributed by atoms with Crippen molar-refractivity contribution in [3.63, 3.8) is 0 Å². The molecule has 3 heteroatoms. The molecule has 3 N–H and O–H groups in total. The van der Waals surface area contributed by atoms with Crippen molar-refractivity contribution >= 4 is 0 Å². The monoisotopic (exact) mass is 172 g/mol. The first-order chi connectivity index (χ1) is 5.56. The molecule has 2 fully saturated rings. The fourth-order valence-electron chi connectivity index (χ4n) is 2.03. The second-order valence-electron chi connectivity index (χ2n) is 3.96. The van der Waals surface area contributed by atoms with Gasteiger partial charge in [0.2, 0.25) is 0 Å². The summed E-state index contributed by atoms with van der Waals surface area (Å²) in [7, 11) is 0. The van der Waals surface area contributed by atoms with E-state index in [4.69, 9.17) is 5.84 Å². The average molecular weight is 172 g/mol. The van der Waals surface area contributed by atoms with E-state index in [-0.39, 0.29) is 5.41 Å². The summed E-state index contributed by atoms with van der Waals surface area (Å²) in [6.07, 6.45) is 2.29. The smallest absolute Gasteiger partial charge is 0.0828 e. The van der Waals surface area contributed by atoms with E-state index in [1.165, 1.54) is 0 Å². The van der Waals surface area contributed by atoms with Crippen LogP contribution in [-0.2, 0) is 0 Å². The van der Waals surface area contributed by atoms with Crippen molar-refractivity contribution < 1.29 is 5.11 Å². The molecule has 0 radical (unpaired) electrons. The van der Waals surface area contributed by atoms with E-state index in [1.807, 2.05) is 20.8 Å². The Hall–Kier alpha value is -0.120. The van der Waals surface area contributed by atoms with Crippen LogP contribution in [0.5, 0.6) is 0 Å². The molecule has 1 saturated heterocycles. The summed E-state index contributed by atoms with van der Waals surface area (Å²) >= 11 is 0. The van der Waals surface area contributed by atoms with E-state index in [1.54, 1.807) is 5.01 Å². The van der Waals surface area contributed by atoms with E-state index in [0.29, 0.717) is 6.54 Å². The van der Waals surface area contributed by atoms with Gasteiger partial charge in [0.15, 0.2) is 0 Å². The van der Waals surface area contributed by atoms with Crippen LogP contribution in [0.2, 0.25) is 0 Å². The maximum atomic E-state index is 9.83. The van der Waals surface area contributed by atoms with Crippen molar-refractivity contribution in [2.24, 2.45) is 11.3 Å². The summed E-state index contributed by atoms with van der Waals surface area (Å²) < 4.78 is 0. The summed E-state index contributed by atoms with van der Waals surface area (Å²) in [6.45, 7) is 7.40. The van der Waals surface area contributed by atoms with Gasteiger partial charge in [-0.25, -0.2) is 5.01 Å². The fourth-order valence-corrected chi connectivity index (χ4v) is 2.03. The van der Waals surface area contributed by atoms with Gasteiger partial charge in [0, 0.05) is 18.5 Å². The van der Waals surface area contributed by atoms with Crippen LogP contribution < -0.4 is 5.84 Å². The molecule has 72 valence electrons. The molecule has 1 spiro atoms. The lowest BCUT2D eigenvalue weighted by molar-refractivity contribution is 0.0195. The number of β-amino-alcohol motifs (C(OH)–C–C–N with tert-alkyl or cyclic N) is 1. The highest BCUT2D eigenvalue weighted by Crippen LogP contribution is 2.57. The van der Waals surface area contributed by atoms with Crippen LogP contribution in [0.4, 0.5) is 0 Å². The van der Waals surface area contributed by atoms with E-state index >= 15 is 0 Å². The Kier molecular flexibility index (Phi) is 2.47. The Balaban J connectivity index is 0.000000336. The Morgan fingerprint density at radius 2 is 1.75 bits per heavy atom. The maximum absolute atomic E-state index is 9.83. The Morgan fingerprint density at radius 3 is 1.92 bits per heavy atom. The van der Waals surface area contributed by atoms with Crippen LogP contribution >= 0.6 is 0 Å². The molecular formula is C9H20N2O. The first-order valence-electron chi connectivity index (χ1n) is 4.78. The van der Waals surface area contributed by atoms with E-state index in [2.05, 4.69) is 0 Å². The quantitative estimate of drug-likeness (QED) is 0.530. The van der Waals surface area contributed by atoms with Gasteiger partial charge in [-0.15, -0.1) is 0 Å². The predicted molar refractivity (Wildman–Crippen MR) is 49.4 cm³/mol. The van der Waals surface area contributed by atoms with Gasteiger partial charge >= 0.3 is 0 Å². The average Bonchev–Trinajstić information content (AvgIpc) is 2.68. The highest BCUT2D eigenvalue weighted by atomic mass is 16.3. The number of nitrogens with two attached hydrogens (primary N) is 1. The summed E-state index contributed by atoms with van der Waals surface area (Å²) in [5, 5.41) is 11.6. The maximum Gasteiger partial charge on any atom is 0.0828 e. The zero-order valence-electron chi connectivity index (χ0n) is 8.30. The standard InChI is InChI=1S/C7H14N2O.C2H6/c1-6(10)4-9(8)5-7(6)2-3-7;1-2/h10H,2-5,8H2,1H3;1-2H3. The van der Waals surface area contributed by atoms with E-state index in [9.17, 15) is 5.11 Å². The zero-order valence-corrected chi connectivity index (χ0v) is 8.30. The van der Waals surface area contributed by atoms with Gasteiger partial charge in [0.1, 0.15) is 0 Å². The number of hydrazine groups is 1. The van der Waals surface area contributed by atoms with Crippen LogP contribution in [-0.4, -0.2) is 28.8 Å². The number of hydrogen-bond donors (Lipinski definition) is 2. The summed E-state index contributed by atoms with van der Waals surface area (Å²) in [5.41, 5.74) is -0.358. The molecule has 0 bridgehead atoms. The molecule has 2 aliphatic rings. The lowest BCUT2D eigenvalue weighted by Crippen LogP contribution is -2.36. The minimum absolute atomic E-state index is 0.168. The molecule has 0 amide bonds. The normalized spacial score (nSPS) is 37.8. The van der Waals surface area contributed by atoms with Gasteiger partial charge in [-0.1, -0.05) is 13.8 Å². The first-order valence-corrected chi connectivity index (χ1v) is 4.78. The topological polar surface area (TPSA) is 49.5 Å². The molecule has 1 unspecified atom stereocenters. The van der Waals surface area contributed by atoms with E-state index in [0.717, 1.165) is 19.4 Å². The third kappa shape index (κ3) is 1.37. The minimum Gasteiger partial charge on any atom is -0.388 e. The second kappa shape index (κ2) is 2.98. The van der Waals surface area contributed by atoms with Crippen LogP contribution in [0.25, 0.3) is 0 Å². The number of hydrogen-bond acceptors (Lipinski definition) is 3. The molecule has 0 aromatic rings. The van der Waals surface area contributed by atoms with Crippen molar-refractivity contribution in [1.29, 1.82) is 0 Å². The Bertz CT molecular complexity index is 158. The van der Waals surface area contributed by atoms with Gasteiger partial charge in [0.25, 0.3) is 0 Å². The molecule has 1 atom stereocenters. The number of rotatable bonds is 0. The summed E-state index contributed by atoms with van der Waals surface area (Å²) in [5.74, 6) is 5.60. The van der Waals surface area contributed by atoms with Gasteiger partial charge in [-0.05, 0) is 19.8 Å². The SMILES string of the molecule is CC.CC1(O)CN(N)CC12CC2. The molecule has 0 aromatic heterocycles. The Morgan fingerprint density at radius 1 is 1.25 bits per heavy atom. The highest BCUT2D eigenvalue weighted by molar-refractivity contribution is 5.12. The molecule has 2 rings (SSSR count). The molecular weight excluding hydrogens is 152 g/mol. The van der Waals surface area contributed by atoms with Crippen molar-refractivity contribution in [3.8, 4) is 0 Å². The third-order valence-corrected chi connectivity index (χ3v) is 3.01. The van der Waals surface area contributed by atoms with Gasteiger partial charge < -0.3 is 5.11 Å². The first kappa shape index (κ1) is 9.96. The minimum atomic E-state index is -0.526. The second-order valence-corrected chi connectivity index (χ2v) is 3.96. The van der Waals surface area contributed by atoms with Crippen LogP contribution in [0.3, 0.4) is 0 Å². The number of nitrogens with zero attached hydrogens (tertiary/aromatic N) is 1. The zero-order chi connectivity index (χ0) is 9.41. The van der Waals surface area contributed by atoms with Crippen LogP contribution in [0, 0.1) is 5.41 Å². The van der Waals surface area contributed by atoms with Gasteiger partial charge in [-0.3, -0.25) is 5.84 Å². The van der Waals surface area contributed by atoms with E-state index < -0.39 is 5.60 Å². The number of aliphatic hydroxyl groups is 1. The van der Waals surface area contributed by atoms with Gasteiger partial charge in [0.05, 0.1) is 5.60 Å². The summed E-state index contributed by atoms with van der Waals surface area (Å²) in [4.78, 5) is 0. The molecule has 0 aromatic carbocycles. The molecule has 1 aliphatic carbocycles. The highest BCUT2D eigenvalue weighted by Gasteiger charge is 2.61.